The molecule has 0 aliphatic heterocycles. The van der Waals surface area contributed by atoms with E-state index in [1.54, 1.807) is 20.8 Å². The number of nitrogens with zero attached hydrogens (tertiary/aromatic N) is 1. The zero-order chi connectivity index (χ0) is 41.2. The van der Waals surface area contributed by atoms with Gasteiger partial charge in [0.25, 0.3) is 0 Å². The van der Waals surface area contributed by atoms with Crippen LogP contribution in [0.5, 0.6) is 0 Å². The molecule has 0 fully saturated rings. The van der Waals surface area contributed by atoms with Gasteiger partial charge in [-0.2, -0.15) is 0 Å². The summed E-state index contributed by atoms with van der Waals surface area (Å²) < 4.78 is 65.2. The number of unbranched alkanes of at least 4 members (excludes halogenated alkanes) is 1. The van der Waals surface area contributed by atoms with Gasteiger partial charge in [0.1, 0.15) is 24.4 Å². The third-order valence-corrected chi connectivity index (χ3v) is 7.17. The highest BCUT2D eigenvalue weighted by Crippen LogP contribution is 2.09. The third kappa shape index (κ3) is 44.8. The number of rotatable bonds is 44. The van der Waals surface area contributed by atoms with Crippen LogP contribution < -0.4 is 5.32 Å². The molecule has 56 heavy (non-hydrogen) atoms. The lowest BCUT2D eigenvalue weighted by Gasteiger charge is -2.19. The summed E-state index contributed by atoms with van der Waals surface area (Å²) in [6, 6.07) is 0. The summed E-state index contributed by atoms with van der Waals surface area (Å²) in [7, 11) is 2.12. The number of ketones is 1. The van der Waals surface area contributed by atoms with Crippen molar-refractivity contribution in [2.45, 2.75) is 65.4 Å². The summed E-state index contributed by atoms with van der Waals surface area (Å²) in [6.07, 6.45) is 3.04. The smallest absolute Gasteiger partial charge is 0.313 e. The number of amides is 1. The molecule has 1 amide bonds. The van der Waals surface area contributed by atoms with Gasteiger partial charge in [-0.15, -0.1) is 0 Å². The van der Waals surface area contributed by atoms with E-state index in [1.807, 2.05) is 0 Å². The van der Waals surface area contributed by atoms with Gasteiger partial charge in [0.2, 0.25) is 5.91 Å². The zero-order valence-corrected chi connectivity index (χ0v) is 35.3. The molecule has 0 aromatic rings. The Bertz CT molecular complexity index is 895. The number of nitrogens with one attached hydrogen (secondary N) is 1. The Morgan fingerprint density at radius 1 is 0.500 bits per heavy atom. The Labute approximate surface area is 336 Å². The van der Waals surface area contributed by atoms with Crippen LogP contribution in [-0.4, -0.2) is 200 Å². The van der Waals surface area contributed by atoms with Crippen molar-refractivity contribution in [2.75, 3.05) is 172 Å². The molecule has 332 valence electrons. The first-order valence-corrected chi connectivity index (χ1v) is 20.2. The summed E-state index contributed by atoms with van der Waals surface area (Å²) in [5.41, 5.74) is -0.593. The van der Waals surface area contributed by atoms with E-state index in [1.165, 1.54) is 12.8 Å². The zero-order valence-electron chi connectivity index (χ0n) is 35.3. The molecular formula is C39H76N2O15. The molecule has 0 heterocycles. The first-order valence-electron chi connectivity index (χ1n) is 20.2. The average molecular weight is 813 g/mol. The number of esters is 1. The van der Waals surface area contributed by atoms with E-state index in [-0.39, 0.29) is 31.1 Å². The molecule has 0 radical (unpaired) electrons. The van der Waals surface area contributed by atoms with Gasteiger partial charge in [0.15, 0.2) is 0 Å². The SMILES string of the molecule is CCCCN(C)CCOCCOCCOCCOCCOCCNC(=O)COCCOCCOCCOCCOCCOCCCC(=O)CC(=O)OC(C)(C)C. The minimum absolute atomic E-state index is 0.0479. The lowest BCUT2D eigenvalue weighted by atomic mass is 10.1. The van der Waals surface area contributed by atoms with Crippen molar-refractivity contribution < 1.29 is 71.2 Å². The summed E-state index contributed by atoms with van der Waals surface area (Å²) in [5.74, 6) is -0.870. The molecule has 0 rings (SSSR count). The maximum atomic E-state index is 11.9. The molecule has 0 saturated heterocycles. The van der Waals surface area contributed by atoms with Crippen molar-refractivity contribution in [3.63, 3.8) is 0 Å². The molecule has 0 saturated carbocycles. The second-order valence-corrected chi connectivity index (χ2v) is 13.6. The summed E-state index contributed by atoms with van der Waals surface area (Å²) >= 11 is 0. The van der Waals surface area contributed by atoms with Gasteiger partial charge in [0.05, 0.1) is 132 Å². The van der Waals surface area contributed by atoms with Crippen molar-refractivity contribution in [3.05, 3.63) is 0 Å². The van der Waals surface area contributed by atoms with Crippen molar-refractivity contribution >= 4 is 17.7 Å². The van der Waals surface area contributed by atoms with Gasteiger partial charge in [-0.3, -0.25) is 14.4 Å². The van der Waals surface area contributed by atoms with Gasteiger partial charge in [-0.1, -0.05) is 13.3 Å². The van der Waals surface area contributed by atoms with Crippen LogP contribution in [0.1, 0.15) is 59.8 Å². The van der Waals surface area contributed by atoms with Crippen LogP contribution in [0.25, 0.3) is 0 Å². The number of likely N-dealkylation sites (N-methyl/N-ethyl adjacent to an activating group) is 1. The van der Waals surface area contributed by atoms with E-state index in [4.69, 9.17) is 56.8 Å². The Morgan fingerprint density at radius 2 is 0.893 bits per heavy atom. The molecule has 0 aromatic carbocycles. The molecule has 17 nitrogen and oxygen atoms in total. The van der Waals surface area contributed by atoms with Gasteiger partial charge in [-0.25, -0.2) is 0 Å². The van der Waals surface area contributed by atoms with E-state index in [0.717, 1.165) is 19.7 Å². The maximum Gasteiger partial charge on any atom is 0.313 e. The van der Waals surface area contributed by atoms with Crippen molar-refractivity contribution in [2.24, 2.45) is 0 Å². The van der Waals surface area contributed by atoms with Gasteiger partial charge in [-0.05, 0) is 47.2 Å². The molecule has 0 aromatic heterocycles. The van der Waals surface area contributed by atoms with E-state index >= 15 is 0 Å². The Balaban J connectivity index is 3.24. The quantitative estimate of drug-likeness (QED) is 0.0537. The number of carbonyl (C=O) groups is 3. The van der Waals surface area contributed by atoms with E-state index in [9.17, 15) is 14.4 Å². The lowest BCUT2D eigenvalue weighted by Crippen LogP contribution is -2.31. The lowest BCUT2D eigenvalue weighted by molar-refractivity contribution is -0.156. The standard InChI is InChI=1S/C39H76N2O15/c1-6-7-11-41(5)12-15-47-18-21-50-24-27-52-26-23-49-20-17-46-14-10-40-37(43)35-55-33-32-54-31-30-53-29-28-51-25-22-48-19-16-45-13-8-9-36(42)34-38(44)56-39(2,3)4/h6-35H2,1-5H3,(H,40,43). The number of Topliss-reactive ketones (excluding diaryl/α,β-unsaturated/α-hetero) is 1. The normalized spacial score (nSPS) is 11.8. The second kappa shape index (κ2) is 41.3. The molecule has 0 atom stereocenters. The Hall–Kier alpha value is -1.87. The molecular weight excluding hydrogens is 736 g/mol. The minimum atomic E-state index is -0.593. The summed E-state index contributed by atoms with van der Waals surface area (Å²) in [6.45, 7) is 19.5. The van der Waals surface area contributed by atoms with E-state index in [0.29, 0.717) is 145 Å². The molecule has 17 heteroatoms. The number of carbonyl (C=O) groups excluding carboxylic acids is 3. The molecule has 0 bridgehead atoms. The Kier molecular flexibility index (Phi) is 39.9. The van der Waals surface area contributed by atoms with Gasteiger partial charge >= 0.3 is 5.97 Å². The fourth-order valence-electron chi connectivity index (χ4n) is 4.32. The molecule has 0 aliphatic rings. The van der Waals surface area contributed by atoms with Crippen LogP contribution in [0, 0.1) is 0 Å². The van der Waals surface area contributed by atoms with Crippen LogP contribution in [0.3, 0.4) is 0 Å². The highest BCUT2D eigenvalue weighted by atomic mass is 16.6. The van der Waals surface area contributed by atoms with Crippen LogP contribution in [0.15, 0.2) is 0 Å². The summed E-state index contributed by atoms with van der Waals surface area (Å²) in [5, 5.41) is 2.74. The minimum Gasteiger partial charge on any atom is -0.460 e. The van der Waals surface area contributed by atoms with Gasteiger partial charge < -0.3 is 67.1 Å². The van der Waals surface area contributed by atoms with E-state index in [2.05, 4.69) is 24.2 Å². The number of hydrogen-bond acceptors (Lipinski definition) is 16. The largest absolute Gasteiger partial charge is 0.460 e. The topological polar surface area (TPSA) is 177 Å². The highest BCUT2D eigenvalue weighted by Gasteiger charge is 2.18. The third-order valence-electron chi connectivity index (χ3n) is 7.17. The van der Waals surface area contributed by atoms with Crippen molar-refractivity contribution in [3.8, 4) is 0 Å². The fraction of sp³-hybridized carbons (Fsp3) is 0.923. The molecule has 1 N–H and O–H groups in total. The summed E-state index contributed by atoms with van der Waals surface area (Å²) in [4.78, 5) is 37.6. The average Bonchev–Trinajstić information content (AvgIpc) is 3.14. The molecule has 0 aliphatic carbocycles. The van der Waals surface area contributed by atoms with Crippen LogP contribution in [-0.2, 0) is 71.2 Å². The van der Waals surface area contributed by atoms with Gasteiger partial charge in [0, 0.05) is 26.1 Å². The predicted octanol–water partition coefficient (Wildman–Crippen LogP) is 2.10. The highest BCUT2D eigenvalue weighted by molar-refractivity contribution is 5.95. The first-order chi connectivity index (χ1) is 27.1. The van der Waals surface area contributed by atoms with Crippen LogP contribution >= 0.6 is 0 Å². The van der Waals surface area contributed by atoms with Crippen molar-refractivity contribution in [1.29, 1.82) is 0 Å². The van der Waals surface area contributed by atoms with E-state index < -0.39 is 11.6 Å². The van der Waals surface area contributed by atoms with Crippen LogP contribution in [0.2, 0.25) is 0 Å². The predicted molar refractivity (Wildman–Crippen MR) is 209 cm³/mol. The Morgan fingerprint density at radius 3 is 1.32 bits per heavy atom. The monoisotopic (exact) mass is 813 g/mol. The maximum absolute atomic E-state index is 11.9. The molecule has 0 unspecified atom stereocenters. The second-order valence-electron chi connectivity index (χ2n) is 13.6. The van der Waals surface area contributed by atoms with Crippen LogP contribution in [0.4, 0.5) is 0 Å². The number of hydrogen-bond donors (Lipinski definition) is 1. The van der Waals surface area contributed by atoms with Crippen molar-refractivity contribution in [1.82, 2.24) is 10.2 Å². The first kappa shape index (κ1) is 54.1. The molecule has 0 spiro atoms. The number of ether oxygens (including phenoxy) is 12. The fourth-order valence-corrected chi connectivity index (χ4v) is 4.32.